The number of hydrogen-bond donors (Lipinski definition) is 2. The zero-order valence-electron chi connectivity index (χ0n) is 12.7. The van der Waals surface area contributed by atoms with Crippen LogP contribution in [-0.4, -0.2) is 29.9 Å². The molecule has 1 fully saturated rings. The first-order chi connectivity index (χ1) is 11.0. The van der Waals surface area contributed by atoms with Crippen LogP contribution in [-0.2, 0) is 4.79 Å². The first kappa shape index (κ1) is 16.2. The molecule has 2 aliphatic rings. The molecule has 1 aliphatic heterocycles. The highest BCUT2D eigenvalue weighted by Crippen LogP contribution is 2.39. The Morgan fingerprint density at radius 2 is 2.26 bits per heavy atom. The fourth-order valence-corrected chi connectivity index (χ4v) is 2.97. The molecule has 124 valence electrons. The van der Waals surface area contributed by atoms with Crippen molar-refractivity contribution >= 4 is 23.2 Å². The lowest BCUT2D eigenvalue weighted by atomic mass is 9.94. The molecule has 0 spiro atoms. The summed E-state index contributed by atoms with van der Waals surface area (Å²) in [5.41, 5.74) is 3.11. The summed E-state index contributed by atoms with van der Waals surface area (Å²) in [4.78, 5) is 11.3. The minimum atomic E-state index is -0.597. The molecule has 2 N–H and O–H groups in total. The van der Waals surface area contributed by atoms with Gasteiger partial charge in [0.25, 0.3) is 0 Å². The van der Waals surface area contributed by atoms with E-state index in [0.717, 1.165) is 6.42 Å². The van der Waals surface area contributed by atoms with E-state index < -0.39 is 5.82 Å². The van der Waals surface area contributed by atoms with Gasteiger partial charge in [0.2, 0.25) is 5.91 Å². The van der Waals surface area contributed by atoms with Gasteiger partial charge in [-0.15, -0.1) is 0 Å². The highest BCUT2D eigenvalue weighted by atomic mass is 35.5. The molecule has 1 aromatic rings. The second kappa shape index (κ2) is 6.45. The Kier molecular flexibility index (Phi) is 4.55. The lowest BCUT2D eigenvalue weighted by molar-refractivity contribution is -0.121. The summed E-state index contributed by atoms with van der Waals surface area (Å²) in [7, 11) is 0. The van der Waals surface area contributed by atoms with Gasteiger partial charge in [0.15, 0.2) is 5.82 Å². The summed E-state index contributed by atoms with van der Waals surface area (Å²) in [6.45, 7) is 2.38. The minimum Gasteiger partial charge on any atom is -0.492 e. The number of rotatable bonds is 5. The Hall–Kier alpha value is -1.66. The number of amides is 1. The number of hydrogen-bond acceptors (Lipinski definition) is 4. The third-order valence-corrected chi connectivity index (χ3v) is 4.69. The number of ether oxygens (including phenoxy) is 1. The van der Waals surface area contributed by atoms with Crippen LogP contribution in [0.1, 0.15) is 25.3 Å². The van der Waals surface area contributed by atoms with Crippen molar-refractivity contribution in [1.29, 1.82) is 0 Å². The molecule has 3 rings (SSSR count). The van der Waals surface area contributed by atoms with Gasteiger partial charge < -0.3 is 9.84 Å². The molecular formula is C16H18ClFN2O3. The summed E-state index contributed by atoms with van der Waals surface area (Å²) in [6, 6.07) is 3.18. The topological polar surface area (TPSA) is 70.9 Å². The molecule has 1 aromatic carbocycles. The highest BCUT2D eigenvalue weighted by molar-refractivity contribution is 6.32. The number of halogens is 2. The molecule has 1 aliphatic carbocycles. The van der Waals surface area contributed by atoms with Gasteiger partial charge in [0.05, 0.1) is 12.3 Å². The van der Waals surface area contributed by atoms with Crippen LogP contribution in [0, 0.1) is 23.6 Å². The molecule has 1 amide bonds. The van der Waals surface area contributed by atoms with E-state index in [0.29, 0.717) is 18.2 Å². The first-order valence-corrected chi connectivity index (χ1v) is 7.97. The normalized spacial score (nSPS) is 26.5. The van der Waals surface area contributed by atoms with Crippen LogP contribution in [0.2, 0.25) is 5.02 Å². The zero-order chi connectivity index (χ0) is 16.6. The predicted molar refractivity (Wildman–Crippen MR) is 84.0 cm³/mol. The molecule has 0 aromatic heterocycles. The van der Waals surface area contributed by atoms with Gasteiger partial charge in [-0.25, -0.2) is 9.82 Å². The van der Waals surface area contributed by atoms with Gasteiger partial charge in [-0.1, -0.05) is 18.5 Å². The van der Waals surface area contributed by atoms with Crippen molar-refractivity contribution in [3.05, 3.63) is 28.5 Å². The van der Waals surface area contributed by atoms with Crippen LogP contribution in [0.5, 0.6) is 5.75 Å². The number of nitrogens with one attached hydrogen (secondary N) is 1. The van der Waals surface area contributed by atoms with Gasteiger partial charge in [0.1, 0.15) is 10.8 Å². The van der Waals surface area contributed by atoms with Crippen LogP contribution < -0.4 is 10.2 Å². The Balaban J connectivity index is 1.76. The molecule has 0 radical (unpaired) electrons. The maximum Gasteiger partial charge on any atom is 0.240 e. The van der Waals surface area contributed by atoms with Gasteiger partial charge in [0, 0.05) is 24.5 Å². The molecular weight excluding hydrogens is 323 g/mol. The van der Waals surface area contributed by atoms with E-state index in [4.69, 9.17) is 21.4 Å². The first-order valence-electron chi connectivity index (χ1n) is 7.59. The van der Waals surface area contributed by atoms with Crippen LogP contribution in [0.25, 0.3) is 0 Å². The number of aliphatic hydroxyl groups excluding tert-OH is 1. The maximum atomic E-state index is 14.6. The number of nitrogens with zero attached hydrogens (tertiary/aromatic N) is 1. The Morgan fingerprint density at radius 3 is 2.91 bits per heavy atom. The third kappa shape index (κ3) is 3.33. The van der Waals surface area contributed by atoms with Crippen LogP contribution in [0.15, 0.2) is 17.2 Å². The molecule has 1 heterocycles. The number of hydrazone groups is 1. The highest BCUT2D eigenvalue weighted by Gasteiger charge is 2.37. The van der Waals surface area contributed by atoms with Crippen molar-refractivity contribution in [2.75, 3.05) is 13.2 Å². The van der Waals surface area contributed by atoms with Crippen molar-refractivity contribution in [2.45, 2.75) is 19.8 Å². The molecule has 23 heavy (non-hydrogen) atoms. The number of carbonyl (C=O) groups is 1. The number of carbonyl (C=O) groups excluding carboxylic acids is 1. The average Bonchev–Trinajstić information content (AvgIpc) is 3.28. The summed E-state index contributed by atoms with van der Waals surface area (Å²) in [6.07, 6.45) is 1.18. The monoisotopic (exact) mass is 340 g/mol. The van der Waals surface area contributed by atoms with Crippen molar-refractivity contribution in [3.8, 4) is 5.75 Å². The van der Waals surface area contributed by atoms with Crippen molar-refractivity contribution in [1.82, 2.24) is 5.43 Å². The largest absolute Gasteiger partial charge is 0.492 e. The molecule has 1 saturated carbocycles. The van der Waals surface area contributed by atoms with E-state index in [1.165, 1.54) is 0 Å². The van der Waals surface area contributed by atoms with E-state index >= 15 is 0 Å². The zero-order valence-corrected chi connectivity index (χ0v) is 13.4. The lowest BCUT2D eigenvalue weighted by Gasteiger charge is -2.20. The average molecular weight is 341 g/mol. The molecule has 1 unspecified atom stereocenters. The van der Waals surface area contributed by atoms with Crippen LogP contribution in [0.4, 0.5) is 4.39 Å². The van der Waals surface area contributed by atoms with Crippen molar-refractivity contribution < 1.29 is 19.0 Å². The molecule has 0 saturated heterocycles. The summed E-state index contributed by atoms with van der Waals surface area (Å²) in [5.74, 6) is -0.103. The fourth-order valence-electron chi connectivity index (χ4n) is 2.75. The lowest BCUT2D eigenvalue weighted by Crippen LogP contribution is -2.32. The Labute approximate surface area is 138 Å². The van der Waals surface area contributed by atoms with Gasteiger partial charge >= 0.3 is 0 Å². The summed E-state index contributed by atoms with van der Waals surface area (Å²) >= 11 is 6.08. The molecule has 7 heteroatoms. The summed E-state index contributed by atoms with van der Waals surface area (Å²) < 4.78 is 20.1. The quantitative estimate of drug-likeness (QED) is 0.864. The van der Waals surface area contributed by atoms with E-state index in [1.807, 2.05) is 6.92 Å². The fraction of sp³-hybridized carbons (Fsp3) is 0.500. The van der Waals surface area contributed by atoms with Gasteiger partial charge in [-0.2, -0.15) is 5.10 Å². The number of benzene rings is 1. The third-order valence-electron chi connectivity index (χ3n) is 4.34. The van der Waals surface area contributed by atoms with Gasteiger partial charge in [-0.3, -0.25) is 4.79 Å². The van der Waals surface area contributed by atoms with Crippen molar-refractivity contribution in [2.24, 2.45) is 22.9 Å². The van der Waals surface area contributed by atoms with E-state index in [-0.39, 0.29) is 47.1 Å². The van der Waals surface area contributed by atoms with Crippen LogP contribution >= 0.6 is 11.6 Å². The van der Waals surface area contributed by atoms with E-state index in [1.54, 1.807) is 12.1 Å². The van der Waals surface area contributed by atoms with Crippen LogP contribution in [0.3, 0.4) is 0 Å². The minimum absolute atomic E-state index is 0.0875. The van der Waals surface area contributed by atoms with E-state index in [2.05, 4.69) is 10.5 Å². The SMILES string of the molecule is CC1CC(=O)NN=C1c1ccc(OC[C@H]2C[C@@H]2CO)c(Cl)c1F. The molecule has 3 atom stereocenters. The Bertz CT molecular complexity index is 665. The van der Waals surface area contributed by atoms with E-state index in [9.17, 15) is 9.18 Å². The smallest absolute Gasteiger partial charge is 0.240 e. The standard InChI is InChI=1S/C16H18ClFN2O3/c1-8-4-13(22)19-20-16(8)11-2-3-12(14(17)15(11)18)23-7-10-5-9(10)6-21/h2-3,8-10,21H,4-7H2,1H3,(H,19,22)/t8?,9-,10-/m1/s1. The second-order valence-electron chi connectivity index (χ2n) is 6.13. The predicted octanol–water partition coefficient (Wildman–Crippen LogP) is 2.35. The van der Waals surface area contributed by atoms with Crippen molar-refractivity contribution in [3.63, 3.8) is 0 Å². The summed E-state index contributed by atoms with van der Waals surface area (Å²) in [5, 5.41) is 12.9. The van der Waals surface area contributed by atoms with Gasteiger partial charge in [-0.05, 0) is 30.4 Å². The molecule has 0 bridgehead atoms. The molecule has 5 nitrogen and oxygen atoms in total. The number of aliphatic hydroxyl groups is 1. The Morgan fingerprint density at radius 1 is 1.48 bits per heavy atom. The maximum absolute atomic E-state index is 14.6. The second-order valence-corrected chi connectivity index (χ2v) is 6.50.